The molecule has 0 spiro atoms. The SMILES string of the molecule is COc1cccc(SCC=O)c1. The predicted octanol–water partition coefficient (Wildman–Crippen LogP) is 1.99. The van der Waals surface area contributed by atoms with Gasteiger partial charge in [0.15, 0.2) is 0 Å². The Bertz CT molecular complexity index is 260. The van der Waals surface area contributed by atoms with Crippen LogP contribution in [0.3, 0.4) is 0 Å². The van der Waals surface area contributed by atoms with Crippen molar-refractivity contribution >= 4 is 18.0 Å². The maximum atomic E-state index is 10.1. The molecule has 3 heteroatoms. The standard InChI is InChI=1S/C9H10O2S/c1-11-8-3-2-4-9(7-8)12-6-5-10/h2-5,7H,6H2,1H3. The molecule has 0 saturated carbocycles. The minimum atomic E-state index is 0.493. The fourth-order valence-electron chi connectivity index (χ4n) is 0.821. The highest BCUT2D eigenvalue weighted by Gasteiger charge is 1.94. The molecular weight excluding hydrogens is 172 g/mol. The lowest BCUT2D eigenvalue weighted by molar-refractivity contribution is -0.105. The smallest absolute Gasteiger partial charge is 0.130 e. The van der Waals surface area contributed by atoms with E-state index in [0.29, 0.717) is 5.75 Å². The number of rotatable bonds is 4. The van der Waals surface area contributed by atoms with Crippen LogP contribution in [-0.2, 0) is 4.79 Å². The molecule has 0 aliphatic carbocycles. The summed E-state index contributed by atoms with van der Waals surface area (Å²) in [6.45, 7) is 0. The second-order valence-electron chi connectivity index (χ2n) is 2.16. The van der Waals surface area contributed by atoms with Crippen molar-refractivity contribution in [3.8, 4) is 5.75 Å². The number of thioether (sulfide) groups is 1. The van der Waals surface area contributed by atoms with Crippen molar-refractivity contribution in [2.45, 2.75) is 4.90 Å². The summed E-state index contributed by atoms with van der Waals surface area (Å²) in [6.07, 6.45) is 0.893. The molecule has 0 bridgehead atoms. The van der Waals surface area contributed by atoms with Crippen molar-refractivity contribution in [3.05, 3.63) is 24.3 Å². The second kappa shape index (κ2) is 4.83. The summed E-state index contributed by atoms with van der Waals surface area (Å²) in [4.78, 5) is 11.1. The number of hydrogen-bond acceptors (Lipinski definition) is 3. The highest BCUT2D eigenvalue weighted by atomic mass is 32.2. The van der Waals surface area contributed by atoms with Crippen LogP contribution >= 0.6 is 11.8 Å². The van der Waals surface area contributed by atoms with Crippen LogP contribution < -0.4 is 4.74 Å². The van der Waals surface area contributed by atoms with E-state index in [1.165, 1.54) is 11.8 Å². The van der Waals surface area contributed by atoms with E-state index in [0.717, 1.165) is 16.9 Å². The van der Waals surface area contributed by atoms with Crippen LogP contribution in [0.2, 0.25) is 0 Å². The van der Waals surface area contributed by atoms with Crippen molar-refractivity contribution in [3.63, 3.8) is 0 Å². The number of ether oxygens (including phenoxy) is 1. The van der Waals surface area contributed by atoms with E-state index in [-0.39, 0.29) is 0 Å². The average Bonchev–Trinajstić information content (AvgIpc) is 2.15. The van der Waals surface area contributed by atoms with Gasteiger partial charge in [0, 0.05) is 4.90 Å². The molecule has 0 fully saturated rings. The third-order valence-electron chi connectivity index (χ3n) is 1.36. The average molecular weight is 182 g/mol. The molecule has 0 radical (unpaired) electrons. The van der Waals surface area contributed by atoms with E-state index in [1.807, 2.05) is 24.3 Å². The lowest BCUT2D eigenvalue weighted by atomic mass is 10.3. The maximum absolute atomic E-state index is 10.1. The van der Waals surface area contributed by atoms with Gasteiger partial charge in [0.2, 0.25) is 0 Å². The fraction of sp³-hybridized carbons (Fsp3) is 0.222. The molecule has 0 atom stereocenters. The molecule has 12 heavy (non-hydrogen) atoms. The van der Waals surface area contributed by atoms with Gasteiger partial charge in [0.25, 0.3) is 0 Å². The number of hydrogen-bond donors (Lipinski definition) is 0. The molecule has 0 amide bonds. The first-order chi connectivity index (χ1) is 5.86. The first-order valence-corrected chi connectivity index (χ1v) is 4.56. The number of methoxy groups -OCH3 is 1. The van der Waals surface area contributed by atoms with Gasteiger partial charge in [0.1, 0.15) is 12.0 Å². The largest absolute Gasteiger partial charge is 0.497 e. The number of carbonyl (C=O) groups excluding carboxylic acids is 1. The Hall–Kier alpha value is -0.960. The van der Waals surface area contributed by atoms with Gasteiger partial charge >= 0.3 is 0 Å². The molecule has 1 rings (SSSR count). The van der Waals surface area contributed by atoms with Crippen LogP contribution in [0.15, 0.2) is 29.2 Å². The van der Waals surface area contributed by atoms with E-state index >= 15 is 0 Å². The molecule has 0 saturated heterocycles. The van der Waals surface area contributed by atoms with Crippen LogP contribution in [0.4, 0.5) is 0 Å². The van der Waals surface area contributed by atoms with Crippen LogP contribution in [0.5, 0.6) is 5.75 Å². The van der Waals surface area contributed by atoms with E-state index in [9.17, 15) is 4.79 Å². The Labute approximate surface area is 75.9 Å². The maximum Gasteiger partial charge on any atom is 0.130 e. The molecular formula is C9H10O2S. The number of carbonyl (C=O) groups is 1. The monoisotopic (exact) mass is 182 g/mol. The van der Waals surface area contributed by atoms with Crippen molar-refractivity contribution in [2.75, 3.05) is 12.9 Å². The van der Waals surface area contributed by atoms with Gasteiger partial charge in [-0.15, -0.1) is 11.8 Å². The Kier molecular flexibility index (Phi) is 3.67. The van der Waals surface area contributed by atoms with E-state index in [1.54, 1.807) is 7.11 Å². The lowest BCUT2D eigenvalue weighted by Crippen LogP contribution is -1.83. The molecule has 0 N–H and O–H groups in total. The summed E-state index contributed by atoms with van der Waals surface area (Å²) in [5.74, 6) is 1.32. The van der Waals surface area contributed by atoms with Gasteiger partial charge in [0.05, 0.1) is 12.9 Å². The number of aldehydes is 1. The molecule has 2 nitrogen and oxygen atoms in total. The number of benzene rings is 1. The van der Waals surface area contributed by atoms with Gasteiger partial charge in [-0.3, -0.25) is 0 Å². The lowest BCUT2D eigenvalue weighted by Gasteiger charge is -2.01. The highest BCUT2D eigenvalue weighted by molar-refractivity contribution is 7.99. The zero-order valence-electron chi connectivity index (χ0n) is 6.82. The summed E-state index contributed by atoms with van der Waals surface area (Å²) in [7, 11) is 1.63. The Morgan fingerprint density at radius 3 is 3.08 bits per heavy atom. The van der Waals surface area contributed by atoms with Crippen molar-refractivity contribution in [1.82, 2.24) is 0 Å². The van der Waals surface area contributed by atoms with Crippen molar-refractivity contribution in [1.29, 1.82) is 0 Å². The quantitative estimate of drug-likeness (QED) is 0.526. The molecule has 0 aliphatic heterocycles. The third-order valence-corrected chi connectivity index (χ3v) is 2.25. The third kappa shape index (κ3) is 2.58. The zero-order valence-corrected chi connectivity index (χ0v) is 7.64. The Morgan fingerprint density at radius 1 is 1.58 bits per heavy atom. The van der Waals surface area contributed by atoms with Crippen LogP contribution in [-0.4, -0.2) is 19.1 Å². The van der Waals surface area contributed by atoms with Gasteiger partial charge < -0.3 is 9.53 Å². The fourth-order valence-corrected chi connectivity index (χ4v) is 1.46. The van der Waals surface area contributed by atoms with Crippen molar-refractivity contribution in [2.24, 2.45) is 0 Å². The molecule has 0 aromatic heterocycles. The summed E-state index contributed by atoms with van der Waals surface area (Å²) in [6, 6.07) is 7.65. The van der Waals surface area contributed by atoms with E-state index in [2.05, 4.69) is 0 Å². The van der Waals surface area contributed by atoms with Crippen LogP contribution in [0, 0.1) is 0 Å². The molecule has 0 aliphatic rings. The zero-order chi connectivity index (χ0) is 8.81. The second-order valence-corrected chi connectivity index (χ2v) is 3.25. The first-order valence-electron chi connectivity index (χ1n) is 3.57. The summed E-state index contributed by atoms with van der Waals surface area (Å²) in [5, 5.41) is 0. The minimum absolute atomic E-state index is 0.493. The molecule has 1 aromatic carbocycles. The van der Waals surface area contributed by atoms with Gasteiger partial charge in [-0.1, -0.05) is 6.07 Å². The van der Waals surface area contributed by atoms with E-state index < -0.39 is 0 Å². The molecule has 0 heterocycles. The van der Waals surface area contributed by atoms with E-state index in [4.69, 9.17) is 4.74 Å². The summed E-state index contributed by atoms with van der Waals surface area (Å²) < 4.78 is 5.03. The minimum Gasteiger partial charge on any atom is -0.497 e. The van der Waals surface area contributed by atoms with Crippen molar-refractivity contribution < 1.29 is 9.53 Å². The predicted molar refractivity (Wildman–Crippen MR) is 49.8 cm³/mol. The Balaban J connectivity index is 2.65. The van der Waals surface area contributed by atoms with Gasteiger partial charge in [-0.2, -0.15) is 0 Å². The first kappa shape index (κ1) is 9.13. The van der Waals surface area contributed by atoms with Crippen LogP contribution in [0.1, 0.15) is 0 Å². The Morgan fingerprint density at radius 2 is 2.42 bits per heavy atom. The summed E-state index contributed by atoms with van der Waals surface area (Å²) >= 11 is 1.50. The van der Waals surface area contributed by atoms with Gasteiger partial charge in [-0.25, -0.2) is 0 Å². The molecule has 0 unspecified atom stereocenters. The summed E-state index contributed by atoms with van der Waals surface area (Å²) in [5.41, 5.74) is 0. The topological polar surface area (TPSA) is 26.3 Å². The molecule has 64 valence electrons. The highest BCUT2D eigenvalue weighted by Crippen LogP contribution is 2.21. The molecule has 1 aromatic rings. The van der Waals surface area contributed by atoms with Crippen LogP contribution in [0.25, 0.3) is 0 Å². The normalized spacial score (nSPS) is 9.42. The van der Waals surface area contributed by atoms with Gasteiger partial charge in [-0.05, 0) is 18.2 Å².